The number of rotatable bonds is 7. The van der Waals surface area contributed by atoms with Gasteiger partial charge in [0.1, 0.15) is 18.1 Å². The van der Waals surface area contributed by atoms with Crippen molar-refractivity contribution >= 4 is 22.9 Å². The molecule has 0 radical (unpaired) electrons. The minimum absolute atomic E-state index is 0.231. The second kappa shape index (κ2) is 7.72. The van der Waals surface area contributed by atoms with Gasteiger partial charge in [0.15, 0.2) is 0 Å². The highest BCUT2D eigenvalue weighted by Crippen LogP contribution is 2.17. The van der Waals surface area contributed by atoms with Crippen LogP contribution in [0.4, 0.5) is 5.69 Å². The molecular formula is C14H18N4O2S. The highest BCUT2D eigenvalue weighted by molar-refractivity contribution is 7.09. The first-order valence-corrected chi connectivity index (χ1v) is 7.49. The van der Waals surface area contributed by atoms with Gasteiger partial charge in [-0.15, -0.1) is 11.3 Å². The molecule has 0 fully saturated rings. The van der Waals surface area contributed by atoms with Crippen LogP contribution in [0.2, 0.25) is 0 Å². The lowest BCUT2D eigenvalue weighted by Gasteiger charge is -2.06. The van der Waals surface area contributed by atoms with Crippen molar-refractivity contribution in [2.24, 2.45) is 11.5 Å². The quantitative estimate of drug-likeness (QED) is 0.714. The van der Waals surface area contributed by atoms with Crippen molar-refractivity contribution in [3.63, 3.8) is 0 Å². The van der Waals surface area contributed by atoms with Crippen molar-refractivity contribution in [1.29, 1.82) is 0 Å². The van der Waals surface area contributed by atoms with Crippen LogP contribution in [-0.4, -0.2) is 30.6 Å². The molecule has 1 aromatic carbocycles. The summed E-state index contributed by atoms with van der Waals surface area (Å²) in [5.74, 6) is 0.488. The van der Waals surface area contributed by atoms with Gasteiger partial charge in [-0.1, -0.05) is 0 Å². The molecule has 0 unspecified atom stereocenters. The third-order valence-electron chi connectivity index (χ3n) is 2.64. The molecule has 0 saturated heterocycles. The standard InChI is InChI=1S/C14H18N4O2S/c15-6-5-13-18-12(9-21-13)14(19)17-10-1-3-11(4-2-10)20-8-7-16/h1-4,9H,5-8,15-16H2,(H,17,19). The van der Waals surface area contributed by atoms with Gasteiger partial charge in [0.25, 0.3) is 5.91 Å². The molecule has 2 rings (SSSR count). The molecule has 0 aliphatic rings. The third-order valence-corrected chi connectivity index (χ3v) is 3.55. The average molecular weight is 306 g/mol. The summed E-state index contributed by atoms with van der Waals surface area (Å²) in [6.45, 7) is 1.46. The van der Waals surface area contributed by atoms with Gasteiger partial charge in [0, 0.05) is 24.0 Å². The van der Waals surface area contributed by atoms with Gasteiger partial charge in [-0.3, -0.25) is 4.79 Å². The summed E-state index contributed by atoms with van der Waals surface area (Å²) in [4.78, 5) is 16.3. The lowest BCUT2D eigenvalue weighted by atomic mass is 10.3. The van der Waals surface area contributed by atoms with Gasteiger partial charge >= 0.3 is 0 Å². The van der Waals surface area contributed by atoms with Crippen LogP contribution >= 0.6 is 11.3 Å². The van der Waals surface area contributed by atoms with E-state index in [1.54, 1.807) is 29.6 Å². The van der Waals surface area contributed by atoms with E-state index in [9.17, 15) is 4.79 Å². The maximum Gasteiger partial charge on any atom is 0.275 e. The van der Waals surface area contributed by atoms with Crippen LogP contribution in [0.3, 0.4) is 0 Å². The molecule has 112 valence electrons. The Labute approximate surface area is 127 Å². The van der Waals surface area contributed by atoms with Crippen LogP contribution in [0.25, 0.3) is 0 Å². The van der Waals surface area contributed by atoms with Crippen LogP contribution in [-0.2, 0) is 6.42 Å². The molecule has 0 aliphatic heterocycles. The monoisotopic (exact) mass is 306 g/mol. The number of aromatic nitrogens is 1. The number of nitrogens with two attached hydrogens (primary N) is 2. The van der Waals surface area contributed by atoms with Crippen molar-refractivity contribution in [3.8, 4) is 5.75 Å². The van der Waals surface area contributed by atoms with Gasteiger partial charge in [0.05, 0.1) is 5.01 Å². The van der Waals surface area contributed by atoms with Crippen LogP contribution in [0.15, 0.2) is 29.6 Å². The highest BCUT2D eigenvalue weighted by Gasteiger charge is 2.10. The molecule has 0 aliphatic carbocycles. The molecule has 6 nitrogen and oxygen atoms in total. The molecule has 21 heavy (non-hydrogen) atoms. The predicted octanol–water partition coefficient (Wildman–Crippen LogP) is 1.23. The first-order chi connectivity index (χ1) is 10.2. The molecule has 5 N–H and O–H groups in total. The van der Waals surface area contributed by atoms with Crippen LogP contribution < -0.4 is 21.5 Å². The van der Waals surface area contributed by atoms with Gasteiger partial charge in [0.2, 0.25) is 0 Å². The van der Waals surface area contributed by atoms with Gasteiger partial charge in [-0.2, -0.15) is 0 Å². The molecule has 0 spiro atoms. The topological polar surface area (TPSA) is 103 Å². The fourth-order valence-corrected chi connectivity index (χ4v) is 2.45. The first kappa shape index (κ1) is 15.4. The van der Waals surface area contributed by atoms with E-state index in [0.29, 0.717) is 37.5 Å². The van der Waals surface area contributed by atoms with E-state index in [-0.39, 0.29) is 5.91 Å². The third kappa shape index (κ3) is 4.52. The second-order valence-electron chi connectivity index (χ2n) is 4.28. The molecular weight excluding hydrogens is 288 g/mol. The summed E-state index contributed by atoms with van der Waals surface area (Å²) < 4.78 is 5.37. The number of nitrogens with zero attached hydrogens (tertiary/aromatic N) is 1. The van der Waals surface area contributed by atoms with Crippen molar-refractivity contribution in [2.75, 3.05) is 25.0 Å². The number of amides is 1. The second-order valence-corrected chi connectivity index (χ2v) is 5.22. The Hall–Kier alpha value is -1.96. The average Bonchev–Trinajstić information content (AvgIpc) is 2.96. The SMILES string of the molecule is NCCOc1ccc(NC(=O)c2csc(CCN)n2)cc1. The van der Waals surface area contributed by atoms with Crippen LogP contribution in [0.5, 0.6) is 5.75 Å². The minimum atomic E-state index is -0.231. The van der Waals surface area contributed by atoms with Crippen molar-refractivity contribution in [1.82, 2.24) is 4.98 Å². The van der Waals surface area contributed by atoms with E-state index >= 15 is 0 Å². The predicted molar refractivity (Wildman–Crippen MR) is 83.8 cm³/mol. The molecule has 1 heterocycles. The van der Waals surface area contributed by atoms with Crippen molar-refractivity contribution in [2.45, 2.75) is 6.42 Å². The Morgan fingerprint density at radius 1 is 1.24 bits per heavy atom. The summed E-state index contributed by atoms with van der Waals surface area (Å²) >= 11 is 1.44. The normalized spacial score (nSPS) is 10.4. The molecule has 2 aromatic rings. The van der Waals surface area contributed by atoms with Crippen molar-refractivity contribution < 1.29 is 9.53 Å². The number of anilines is 1. The molecule has 0 atom stereocenters. The lowest BCUT2D eigenvalue weighted by Crippen LogP contribution is -2.13. The van der Waals surface area contributed by atoms with Gasteiger partial charge in [-0.25, -0.2) is 4.98 Å². The van der Waals surface area contributed by atoms with Gasteiger partial charge < -0.3 is 21.5 Å². The maximum absolute atomic E-state index is 12.0. The van der Waals surface area contributed by atoms with E-state index in [4.69, 9.17) is 16.2 Å². The highest BCUT2D eigenvalue weighted by atomic mass is 32.1. The van der Waals surface area contributed by atoms with Crippen molar-refractivity contribution in [3.05, 3.63) is 40.3 Å². The zero-order valence-electron chi connectivity index (χ0n) is 11.5. The van der Waals surface area contributed by atoms with E-state index in [1.165, 1.54) is 11.3 Å². The first-order valence-electron chi connectivity index (χ1n) is 6.61. The minimum Gasteiger partial charge on any atom is -0.492 e. The molecule has 1 amide bonds. The molecule has 7 heteroatoms. The number of benzene rings is 1. The molecule has 0 saturated carbocycles. The Morgan fingerprint density at radius 2 is 2.00 bits per heavy atom. The molecule has 1 aromatic heterocycles. The van der Waals surface area contributed by atoms with E-state index in [2.05, 4.69) is 10.3 Å². The Balaban J connectivity index is 1.95. The van der Waals surface area contributed by atoms with Gasteiger partial charge in [-0.05, 0) is 30.8 Å². The number of nitrogens with one attached hydrogen (secondary N) is 1. The van der Waals surface area contributed by atoms with Crippen LogP contribution in [0.1, 0.15) is 15.5 Å². The number of hydrogen-bond acceptors (Lipinski definition) is 6. The van der Waals surface area contributed by atoms with E-state index in [0.717, 1.165) is 10.8 Å². The lowest BCUT2D eigenvalue weighted by molar-refractivity contribution is 0.102. The fraction of sp³-hybridized carbons (Fsp3) is 0.286. The smallest absolute Gasteiger partial charge is 0.275 e. The zero-order chi connectivity index (χ0) is 15.1. The van der Waals surface area contributed by atoms with Crippen LogP contribution in [0, 0.1) is 0 Å². The Bertz CT molecular complexity index is 583. The number of carbonyl (C=O) groups excluding carboxylic acids is 1. The molecule has 0 bridgehead atoms. The summed E-state index contributed by atoms with van der Waals surface area (Å²) in [5.41, 5.74) is 11.9. The maximum atomic E-state index is 12.0. The van der Waals surface area contributed by atoms with E-state index < -0.39 is 0 Å². The Morgan fingerprint density at radius 3 is 2.67 bits per heavy atom. The zero-order valence-corrected chi connectivity index (χ0v) is 12.4. The summed E-state index contributed by atoms with van der Waals surface area (Å²) in [6.07, 6.45) is 0.686. The largest absolute Gasteiger partial charge is 0.492 e. The number of hydrogen-bond donors (Lipinski definition) is 3. The fourth-order valence-electron chi connectivity index (χ4n) is 1.66. The summed E-state index contributed by atoms with van der Waals surface area (Å²) in [5, 5.41) is 5.39. The number of carbonyl (C=O) groups is 1. The van der Waals surface area contributed by atoms with E-state index in [1.807, 2.05) is 0 Å². The summed E-state index contributed by atoms with van der Waals surface area (Å²) in [7, 11) is 0. The summed E-state index contributed by atoms with van der Waals surface area (Å²) in [6, 6.07) is 7.12. The number of ether oxygens (including phenoxy) is 1. The number of thiazole rings is 1. The Kier molecular flexibility index (Phi) is 5.68.